The number of nitrogens with zero attached hydrogens (tertiary/aromatic N) is 3. The Bertz CT molecular complexity index is 352. The molecule has 0 radical (unpaired) electrons. The Hall–Kier alpha value is -0.870. The van der Waals surface area contributed by atoms with Crippen molar-refractivity contribution in [3.05, 3.63) is 17.5 Å². The normalized spacial score (nSPS) is 18.9. The van der Waals surface area contributed by atoms with Gasteiger partial charge in [0, 0.05) is 25.0 Å². The molecule has 1 atom stereocenters. The lowest BCUT2D eigenvalue weighted by atomic mass is 10.1. The van der Waals surface area contributed by atoms with Crippen LogP contribution in [-0.4, -0.2) is 40.5 Å². The molecule has 1 aromatic rings. The summed E-state index contributed by atoms with van der Waals surface area (Å²) in [6.45, 7) is 5.51. The van der Waals surface area contributed by atoms with Gasteiger partial charge in [0.2, 0.25) is 0 Å². The smallest absolute Gasteiger partial charge is 0.171 e. The monoisotopic (exact) mass is 254 g/mol. The standard InChI is InChI=1S/C12H19ClN4/c1-10(17-7-3-2-4-8-17)9-16-12-11(13)14-5-6-15-12/h5-6,10H,2-4,7-9H2,1H3,(H,15,16). The minimum absolute atomic E-state index is 0.443. The molecule has 0 spiro atoms. The quantitative estimate of drug-likeness (QED) is 0.896. The van der Waals surface area contributed by atoms with Crippen LogP contribution in [0.4, 0.5) is 5.82 Å². The van der Waals surface area contributed by atoms with Crippen LogP contribution in [0.2, 0.25) is 5.15 Å². The molecular formula is C12H19ClN4. The largest absolute Gasteiger partial charge is 0.366 e. The topological polar surface area (TPSA) is 41.1 Å². The van der Waals surface area contributed by atoms with E-state index in [1.165, 1.54) is 32.4 Å². The Balaban J connectivity index is 1.83. The molecule has 1 aliphatic heterocycles. The summed E-state index contributed by atoms with van der Waals surface area (Å²) in [4.78, 5) is 10.7. The third-order valence-electron chi connectivity index (χ3n) is 3.23. The second kappa shape index (κ2) is 6.17. The van der Waals surface area contributed by atoms with Gasteiger partial charge in [-0.1, -0.05) is 18.0 Å². The van der Waals surface area contributed by atoms with Crippen molar-refractivity contribution in [2.45, 2.75) is 32.2 Å². The molecule has 1 aliphatic rings. The number of nitrogens with one attached hydrogen (secondary N) is 1. The molecule has 2 heterocycles. The molecule has 1 N–H and O–H groups in total. The molecule has 1 saturated heterocycles. The molecule has 4 nitrogen and oxygen atoms in total. The number of halogens is 1. The van der Waals surface area contributed by atoms with E-state index in [9.17, 15) is 0 Å². The number of aromatic nitrogens is 2. The molecule has 0 aromatic carbocycles. The first kappa shape index (κ1) is 12.6. The van der Waals surface area contributed by atoms with Crippen molar-refractivity contribution in [3.8, 4) is 0 Å². The lowest BCUT2D eigenvalue weighted by Gasteiger charge is -2.32. The van der Waals surface area contributed by atoms with E-state index in [0.717, 1.165) is 6.54 Å². The number of piperidine rings is 1. The predicted octanol–water partition coefficient (Wildman–Crippen LogP) is 2.42. The van der Waals surface area contributed by atoms with Gasteiger partial charge < -0.3 is 5.32 Å². The highest BCUT2D eigenvalue weighted by molar-refractivity contribution is 6.31. The van der Waals surface area contributed by atoms with E-state index >= 15 is 0 Å². The number of anilines is 1. The summed E-state index contributed by atoms with van der Waals surface area (Å²) in [5.41, 5.74) is 0. The zero-order valence-electron chi connectivity index (χ0n) is 10.2. The van der Waals surface area contributed by atoms with Crippen molar-refractivity contribution in [2.24, 2.45) is 0 Å². The summed E-state index contributed by atoms with van der Waals surface area (Å²) >= 11 is 5.94. The van der Waals surface area contributed by atoms with Crippen molar-refractivity contribution in [3.63, 3.8) is 0 Å². The van der Waals surface area contributed by atoms with Gasteiger partial charge in [-0.2, -0.15) is 0 Å². The number of hydrogen-bond donors (Lipinski definition) is 1. The van der Waals surface area contributed by atoms with Gasteiger partial charge in [0.1, 0.15) is 0 Å². The molecule has 1 aromatic heterocycles. The molecule has 2 rings (SSSR count). The van der Waals surface area contributed by atoms with Crippen molar-refractivity contribution in [1.29, 1.82) is 0 Å². The molecule has 0 bridgehead atoms. The van der Waals surface area contributed by atoms with Crippen molar-refractivity contribution in [1.82, 2.24) is 14.9 Å². The number of likely N-dealkylation sites (tertiary alicyclic amines) is 1. The summed E-state index contributed by atoms with van der Waals surface area (Å²) in [7, 11) is 0. The minimum atomic E-state index is 0.443. The van der Waals surface area contributed by atoms with Crippen LogP contribution >= 0.6 is 11.6 Å². The summed E-state index contributed by atoms with van der Waals surface area (Å²) in [6, 6.07) is 0.508. The fraction of sp³-hybridized carbons (Fsp3) is 0.667. The fourth-order valence-corrected chi connectivity index (χ4v) is 2.34. The predicted molar refractivity (Wildman–Crippen MR) is 70.4 cm³/mol. The van der Waals surface area contributed by atoms with Gasteiger partial charge >= 0.3 is 0 Å². The van der Waals surface area contributed by atoms with Gasteiger partial charge in [-0.15, -0.1) is 0 Å². The van der Waals surface area contributed by atoms with E-state index in [4.69, 9.17) is 11.6 Å². The van der Waals surface area contributed by atoms with Crippen LogP contribution in [0.15, 0.2) is 12.4 Å². The maximum Gasteiger partial charge on any atom is 0.171 e. The summed E-state index contributed by atoms with van der Waals surface area (Å²) in [5, 5.41) is 3.71. The Morgan fingerprint density at radius 2 is 2.00 bits per heavy atom. The number of rotatable bonds is 4. The average Bonchev–Trinajstić information content (AvgIpc) is 2.38. The van der Waals surface area contributed by atoms with Crippen LogP contribution in [0, 0.1) is 0 Å². The maximum atomic E-state index is 5.94. The van der Waals surface area contributed by atoms with Crippen molar-refractivity contribution < 1.29 is 0 Å². The van der Waals surface area contributed by atoms with Gasteiger partial charge in [0.15, 0.2) is 11.0 Å². The van der Waals surface area contributed by atoms with E-state index in [1.54, 1.807) is 12.4 Å². The third-order valence-corrected chi connectivity index (χ3v) is 3.51. The van der Waals surface area contributed by atoms with Crippen molar-refractivity contribution in [2.75, 3.05) is 25.0 Å². The molecule has 0 amide bonds. The highest BCUT2D eigenvalue weighted by Gasteiger charge is 2.16. The Morgan fingerprint density at radius 3 is 2.71 bits per heavy atom. The second-order valence-corrected chi connectivity index (χ2v) is 4.88. The molecule has 17 heavy (non-hydrogen) atoms. The minimum Gasteiger partial charge on any atom is -0.366 e. The van der Waals surface area contributed by atoms with E-state index in [0.29, 0.717) is 17.0 Å². The molecule has 5 heteroatoms. The number of hydrogen-bond acceptors (Lipinski definition) is 4. The molecule has 0 saturated carbocycles. The average molecular weight is 255 g/mol. The van der Waals surface area contributed by atoms with Gasteiger partial charge in [-0.05, 0) is 32.9 Å². The molecule has 1 unspecified atom stereocenters. The van der Waals surface area contributed by atoms with E-state index in [-0.39, 0.29) is 0 Å². The molecule has 94 valence electrons. The lowest BCUT2D eigenvalue weighted by molar-refractivity contribution is 0.180. The van der Waals surface area contributed by atoms with E-state index in [1.807, 2.05) is 0 Å². The van der Waals surface area contributed by atoms with Gasteiger partial charge in [-0.25, -0.2) is 9.97 Å². The van der Waals surface area contributed by atoms with Crippen LogP contribution in [-0.2, 0) is 0 Å². The van der Waals surface area contributed by atoms with Crippen LogP contribution in [0.25, 0.3) is 0 Å². The lowest BCUT2D eigenvalue weighted by Crippen LogP contribution is -2.41. The molecular weight excluding hydrogens is 236 g/mol. The zero-order valence-corrected chi connectivity index (χ0v) is 11.0. The van der Waals surface area contributed by atoms with Gasteiger partial charge in [-0.3, -0.25) is 4.90 Å². The zero-order chi connectivity index (χ0) is 12.1. The first-order chi connectivity index (χ1) is 8.27. The summed E-state index contributed by atoms with van der Waals surface area (Å²) in [5.74, 6) is 0.679. The van der Waals surface area contributed by atoms with Crippen LogP contribution < -0.4 is 5.32 Å². The van der Waals surface area contributed by atoms with E-state index < -0.39 is 0 Å². The Labute approximate surface area is 107 Å². The highest BCUT2D eigenvalue weighted by Crippen LogP contribution is 2.16. The Kier molecular flexibility index (Phi) is 4.57. The SMILES string of the molecule is CC(CNc1nccnc1Cl)N1CCCCC1. The highest BCUT2D eigenvalue weighted by atomic mass is 35.5. The fourth-order valence-electron chi connectivity index (χ4n) is 2.17. The first-order valence-electron chi connectivity index (χ1n) is 6.22. The van der Waals surface area contributed by atoms with Gasteiger partial charge in [0.05, 0.1) is 0 Å². The van der Waals surface area contributed by atoms with Crippen LogP contribution in [0.5, 0.6) is 0 Å². The van der Waals surface area contributed by atoms with Gasteiger partial charge in [0.25, 0.3) is 0 Å². The maximum absolute atomic E-state index is 5.94. The molecule has 1 fully saturated rings. The summed E-state index contributed by atoms with van der Waals surface area (Å²) in [6.07, 6.45) is 7.25. The Morgan fingerprint density at radius 1 is 1.29 bits per heavy atom. The third kappa shape index (κ3) is 3.54. The summed E-state index contributed by atoms with van der Waals surface area (Å²) < 4.78 is 0. The van der Waals surface area contributed by atoms with Crippen LogP contribution in [0.1, 0.15) is 26.2 Å². The molecule has 0 aliphatic carbocycles. The van der Waals surface area contributed by atoms with E-state index in [2.05, 4.69) is 27.1 Å². The van der Waals surface area contributed by atoms with Crippen molar-refractivity contribution >= 4 is 17.4 Å². The second-order valence-electron chi connectivity index (χ2n) is 4.52. The first-order valence-corrected chi connectivity index (χ1v) is 6.59. The van der Waals surface area contributed by atoms with Crippen LogP contribution in [0.3, 0.4) is 0 Å².